The summed E-state index contributed by atoms with van der Waals surface area (Å²) in [4.78, 5) is 0. The molecule has 0 unspecified atom stereocenters. The van der Waals surface area contributed by atoms with Gasteiger partial charge in [-0.1, -0.05) is 0 Å². The summed E-state index contributed by atoms with van der Waals surface area (Å²) in [5, 5.41) is 0. The Bertz CT molecular complexity index is 15.2. The van der Waals surface area contributed by atoms with Gasteiger partial charge in [0.1, 0.15) is 0 Å². The van der Waals surface area contributed by atoms with E-state index in [9.17, 15) is 0 Å². The van der Waals surface area contributed by atoms with Crippen molar-refractivity contribution in [1.29, 1.82) is 0 Å². The van der Waals surface area contributed by atoms with Gasteiger partial charge < -0.3 is 3.94 Å². The van der Waals surface area contributed by atoms with Gasteiger partial charge in [-0.3, -0.25) is 0 Å². The summed E-state index contributed by atoms with van der Waals surface area (Å²) in [6, 6.07) is 0. The van der Waals surface area contributed by atoms with Crippen LogP contribution >= 0.6 is 22.9 Å². The molecule has 0 aliphatic rings. The Hall–Kier alpha value is 12.8. The second-order valence-corrected chi connectivity index (χ2v) is 0. The fourth-order valence-corrected chi connectivity index (χ4v) is 0. The molecule has 0 saturated carbocycles. The number of halogens is 1. The van der Waals surface area contributed by atoms with Gasteiger partial charge in [-0.25, -0.2) is 22.9 Å². The van der Waals surface area contributed by atoms with Crippen molar-refractivity contribution in [3.63, 3.8) is 0 Å². The van der Waals surface area contributed by atoms with Gasteiger partial charge in [0.2, 0.25) is 0 Å². The number of hydrogen-bond donors (Lipinski definition) is 0. The van der Waals surface area contributed by atoms with Gasteiger partial charge in [0.15, 0.2) is 0 Å². The molecule has 13 heteroatoms. The first-order valence-electron chi connectivity index (χ1n) is 0.616. The Balaban J connectivity index is -0.000000000364. The van der Waals surface area contributed by atoms with Crippen molar-refractivity contribution in [1.82, 2.24) is 0 Å². The molecule has 1 N–H and O–H groups in total. The number of rotatable bonds is 0. The molecule has 47 valence electrons. The summed E-state index contributed by atoms with van der Waals surface area (Å²) in [6.07, 6.45) is 0. The molecule has 0 aliphatic heterocycles. The summed E-state index contributed by atoms with van der Waals surface area (Å²) in [7, 11) is 0. The molecular formula is HINY11-. The minimum Gasteiger partial charge on any atom is -0.616 e. The van der Waals surface area contributed by atoms with Crippen molar-refractivity contribution in [2.24, 2.45) is 0 Å². The van der Waals surface area contributed by atoms with Crippen molar-refractivity contribution < 1.29 is 361 Å². The first-order chi connectivity index (χ1) is 1.41. The van der Waals surface area contributed by atoms with E-state index >= 15 is 0 Å². The third-order valence-corrected chi connectivity index (χ3v) is 0. The van der Waals surface area contributed by atoms with E-state index in [2.05, 4.69) is 3.94 Å². The van der Waals surface area contributed by atoms with Gasteiger partial charge in [-0.05, 0) is 0 Å². The van der Waals surface area contributed by atoms with Crippen LogP contribution in [0.5, 0.6) is 0 Å². The van der Waals surface area contributed by atoms with Gasteiger partial charge in [0, 0.05) is 360 Å². The molecule has 0 amide bonds. The van der Waals surface area contributed by atoms with E-state index in [-0.39, 0.29) is 360 Å². The first kappa shape index (κ1) is 72.4. The van der Waals surface area contributed by atoms with Crippen molar-refractivity contribution in [2.75, 3.05) is 0 Å². The molecule has 0 fully saturated rings. The summed E-state index contributed by atoms with van der Waals surface area (Å²) >= 11 is 1.58. The summed E-state index contributed by atoms with van der Waals surface area (Å²) in [6.45, 7) is 0. The van der Waals surface area contributed by atoms with Crippen LogP contribution in [0.1, 0.15) is 0 Å². The summed E-state index contributed by atoms with van der Waals surface area (Å²) in [5.41, 5.74) is 0. The van der Waals surface area contributed by atoms with Crippen LogP contribution in [0.25, 0.3) is 3.94 Å². The van der Waals surface area contributed by atoms with Crippen LogP contribution < -0.4 is 0 Å². The zero-order chi connectivity index (χ0) is 2.71. The molecule has 0 spiro atoms. The second-order valence-electron chi connectivity index (χ2n) is 0. The van der Waals surface area contributed by atoms with E-state index in [0.717, 1.165) is 0 Å². The fourth-order valence-electron chi connectivity index (χ4n) is 0. The van der Waals surface area contributed by atoms with Crippen molar-refractivity contribution in [3.8, 4) is 0 Å². The van der Waals surface area contributed by atoms with Crippen molar-refractivity contribution in [2.45, 2.75) is 0 Å². The SMILES string of the molecule is [3H][N-]I.[Y].[Y].[Y].[Y].[Y].[Y].[Y].[Y].[Y].[Y].[Y]. The molecule has 0 aromatic heterocycles. The molecule has 0 rings (SSSR count). The topological polar surface area (TPSA) is 23.8 Å². The minimum absolute atomic E-state index is 0. The number of hydrogen-bond acceptors (Lipinski definition) is 0. The molecule has 0 aliphatic carbocycles. The Morgan fingerprint density at radius 3 is 0.538 bits per heavy atom. The fraction of sp³-hybridized carbons (Fsp3) is 0. The van der Waals surface area contributed by atoms with Crippen LogP contribution in [-0.2, 0) is 360 Å². The Labute approximate surface area is 374 Å². The average molecular weight is 1120 g/mol. The maximum absolute atomic E-state index is 5.82. The maximum Gasteiger partial charge on any atom is 0 e. The number of nitrogens with one attached hydrogen (secondary N) is 1. The predicted octanol–water partition coefficient (Wildman–Crippen LogP) is 1.36. The van der Waals surface area contributed by atoms with E-state index in [1.807, 2.05) is 0 Å². The summed E-state index contributed by atoms with van der Waals surface area (Å²) < 4.78 is 8.54. The molecular weight excluding hydrogens is 1120 g/mol. The maximum atomic E-state index is 5.82. The zero-order valence-corrected chi connectivity index (χ0v) is 40.6. The molecule has 13 heavy (non-hydrogen) atoms. The molecule has 11 radical (unpaired) electrons. The third kappa shape index (κ3) is 78.6. The van der Waals surface area contributed by atoms with Gasteiger partial charge in [0.05, 0.1) is 0 Å². The van der Waals surface area contributed by atoms with E-state index < -0.39 is 0 Å². The molecule has 0 bridgehead atoms. The summed E-state index contributed by atoms with van der Waals surface area (Å²) in [5.74, 6) is 0. The smallest absolute Gasteiger partial charge is 0 e. The molecule has 0 heterocycles. The largest absolute Gasteiger partial charge is 0.616 e. The Morgan fingerprint density at radius 2 is 0.538 bits per heavy atom. The molecule has 1 nitrogen and oxygen atoms in total. The monoisotopic (exact) mass is 1120 g/mol. The van der Waals surface area contributed by atoms with Gasteiger partial charge in [0.25, 0.3) is 0 Å². The van der Waals surface area contributed by atoms with Crippen molar-refractivity contribution in [3.05, 3.63) is 3.94 Å². The minimum atomic E-state index is 0. The van der Waals surface area contributed by atoms with Crippen LogP contribution in [0, 0.1) is 0 Å². The third-order valence-electron chi connectivity index (χ3n) is 0. The Morgan fingerprint density at radius 1 is 0.538 bits per heavy atom. The normalized spacial score (nSPS) is 1.46. The first-order valence-corrected chi connectivity index (χ1v) is 1.13. The quantitative estimate of drug-likeness (QED) is 0.328. The van der Waals surface area contributed by atoms with E-state index in [1.165, 1.54) is 0 Å². The average Bonchev–Trinajstić information content (AvgIpc) is 0.918. The zero-order valence-electron chi connectivity index (χ0n) is 8.18. The molecule has 0 saturated heterocycles. The van der Waals surface area contributed by atoms with Crippen LogP contribution in [0.4, 0.5) is 0 Å². The van der Waals surface area contributed by atoms with Gasteiger partial charge in [-0.15, -0.1) is 1.41 Å². The predicted molar refractivity (Wildman–Crippen MR) is 18.3 cm³/mol. The molecule has 0 aromatic rings. The van der Waals surface area contributed by atoms with Crippen LogP contribution in [0.2, 0.25) is 1.41 Å². The van der Waals surface area contributed by atoms with Gasteiger partial charge >= 0.3 is 0 Å². The van der Waals surface area contributed by atoms with Gasteiger partial charge in [-0.2, -0.15) is 0 Å². The van der Waals surface area contributed by atoms with Crippen molar-refractivity contribution >= 4 is 22.9 Å². The molecule has 0 aromatic carbocycles. The van der Waals surface area contributed by atoms with Crippen LogP contribution in [0.15, 0.2) is 0 Å². The van der Waals surface area contributed by atoms with E-state index in [0.29, 0.717) is 0 Å². The van der Waals surface area contributed by atoms with E-state index in [1.54, 1.807) is 22.9 Å². The standard InChI is InChI=1S/HIN.11Y/c1-2;;;;;;;;;;;/h2H;;;;;;;;;;;/q-1;;;;;;;;;;;/i/hT. The second kappa shape index (κ2) is 85.7. The van der Waals surface area contributed by atoms with E-state index in [4.69, 9.17) is 1.41 Å². The van der Waals surface area contributed by atoms with Crippen LogP contribution in [0.3, 0.4) is 0 Å². The molecule has 0 atom stereocenters. The Kier molecular flexibility index (Phi) is 477. The van der Waals surface area contributed by atoms with Crippen LogP contribution in [-0.4, -0.2) is 0 Å².